The van der Waals surface area contributed by atoms with Gasteiger partial charge in [-0.05, 0) is 124 Å². The Hall–Kier alpha value is -6.79. The molecule has 87 heavy (non-hydrogen) atoms. The van der Waals surface area contributed by atoms with Gasteiger partial charge in [-0.3, -0.25) is 24.2 Å². The normalized spacial score (nSPS) is 14.4. The highest BCUT2D eigenvalue weighted by molar-refractivity contribution is 9.10. The highest BCUT2D eigenvalue weighted by Gasteiger charge is 2.34. The molecule has 1 saturated heterocycles. The molecule has 1 aliphatic heterocycles. The first-order valence-corrected chi connectivity index (χ1v) is 31.7. The number of nitrogens with two attached hydrogens (primary N) is 1. The molecule has 4 amide bonds. The minimum absolute atomic E-state index is 0.0473. The SMILES string of the molecule is C=C/C=C(\C=C)C(C)NC(=O)C(c1ccc(Br)cc1)N(CCC1CC1)C(=O)CCc1ccc(OCCCCN(C)CCOCCOCC/C(C=NCCOCCOc2ccc(NC)cc2)=N/N)cc1.CN1CCN(C(=O)Cc2csc(NC=O)n2)CC1. The number of aryl methyl sites for hydroxylation is 1. The summed E-state index contributed by atoms with van der Waals surface area (Å²) in [5.41, 5.74) is 5.07. The van der Waals surface area contributed by atoms with Crippen molar-refractivity contribution in [2.45, 2.75) is 76.8 Å². The summed E-state index contributed by atoms with van der Waals surface area (Å²) in [6.07, 6.45) is 14.3. The van der Waals surface area contributed by atoms with E-state index in [4.69, 9.17) is 29.5 Å². The minimum atomic E-state index is -0.768. The quantitative estimate of drug-likeness (QED) is 0.00815. The molecule has 0 spiro atoms. The summed E-state index contributed by atoms with van der Waals surface area (Å²) in [6, 6.07) is 22.3. The number of hydrazone groups is 1. The van der Waals surface area contributed by atoms with Gasteiger partial charge in [0, 0.05) is 80.9 Å². The van der Waals surface area contributed by atoms with Crippen LogP contribution in [0.25, 0.3) is 0 Å². The number of aromatic nitrogens is 1. The van der Waals surface area contributed by atoms with E-state index in [9.17, 15) is 19.2 Å². The van der Waals surface area contributed by atoms with Crippen LogP contribution in [-0.2, 0) is 46.2 Å². The van der Waals surface area contributed by atoms with Crippen LogP contribution in [0.2, 0.25) is 0 Å². The molecule has 2 atom stereocenters. The number of likely N-dealkylation sites (N-methyl/N-ethyl adjacent to an activating group) is 2. The van der Waals surface area contributed by atoms with Crippen molar-refractivity contribution in [1.29, 1.82) is 0 Å². The molecule has 1 saturated carbocycles. The van der Waals surface area contributed by atoms with E-state index in [0.29, 0.717) is 114 Å². The number of piperazine rings is 1. The molecule has 2 unspecified atom stereocenters. The Balaban J connectivity index is 0.000000648. The number of anilines is 2. The van der Waals surface area contributed by atoms with Crippen molar-refractivity contribution in [3.63, 3.8) is 0 Å². The van der Waals surface area contributed by atoms with Gasteiger partial charge in [-0.2, -0.15) is 5.10 Å². The molecule has 0 bridgehead atoms. The Bertz CT molecular complexity index is 2750. The van der Waals surface area contributed by atoms with E-state index in [1.165, 1.54) is 24.2 Å². The zero-order chi connectivity index (χ0) is 62.4. The summed E-state index contributed by atoms with van der Waals surface area (Å²) in [4.78, 5) is 67.1. The van der Waals surface area contributed by atoms with Crippen LogP contribution in [0.15, 0.2) is 130 Å². The van der Waals surface area contributed by atoms with Crippen LogP contribution in [0.4, 0.5) is 10.8 Å². The van der Waals surface area contributed by atoms with Crippen molar-refractivity contribution in [2.75, 3.05) is 137 Å². The number of aliphatic imine (C=N–C) groups is 1. The third kappa shape index (κ3) is 28.3. The zero-order valence-corrected chi connectivity index (χ0v) is 53.8. The highest BCUT2D eigenvalue weighted by atomic mass is 79.9. The molecule has 4 aromatic rings. The van der Waals surface area contributed by atoms with Gasteiger partial charge >= 0.3 is 0 Å². The average Bonchev–Trinajstić information content (AvgIpc) is 3.98. The number of carbonyl (C=O) groups excluding carboxylic acids is 4. The first-order valence-electron chi connectivity index (χ1n) is 30.0. The summed E-state index contributed by atoms with van der Waals surface area (Å²) in [7, 11) is 6.03. The van der Waals surface area contributed by atoms with Crippen LogP contribution in [-0.4, -0.2) is 193 Å². The zero-order valence-electron chi connectivity index (χ0n) is 51.4. The Labute approximate surface area is 527 Å². The minimum Gasteiger partial charge on any atom is -0.494 e. The van der Waals surface area contributed by atoms with E-state index in [2.05, 4.69) is 84.0 Å². The summed E-state index contributed by atoms with van der Waals surface area (Å²) >= 11 is 4.85. The molecule has 2 heterocycles. The van der Waals surface area contributed by atoms with E-state index in [1.54, 1.807) is 28.6 Å². The smallest absolute Gasteiger partial charge is 0.247 e. The van der Waals surface area contributed by atoms with Crippen molar-refractivity contribution in [3.05, 3.63) is 136 Å². The molecular weight excluding hydrogens is 1190 g/mol. The van der Waals surface area contributed by atoms with Gasteiger partial charge in [0.05, 0.1) is 76.7 Å². The molecule has 3 aromatic carbocycles. The number of unbranched alkanes of at least 4 members (excludes halogenated alkanes) is 1. The number of ether oxygens (including phenoxy) is 5. The largest absolute Gasteiger partial charge is 0.494 e. The summed E-state index contributed by atoms with van der Waals surface area (Å²) in [6.45, 7) is 19.9. The maximum Gasteiger partial charge on any atom is 0.247 e. The van der Waals surface area contributed by atoms with Gasteiger partial charge < -0.3 is 65.1 Å². The number of rotatable bonds is 41. The lowest BCUT2D eigenvalue weighted by atomic mass is 10.0. The third-order valence-corrected chi connectivity index (χ3v) is 15.9. The lowest BCUT2D eigenvalue weighted by molar-refractivity contribution is -0.141. The van der Waals surface area contributed by atoms with E-state index >= 15 is 0 Å². The van der Waals surface area contributed by atoms with Crippen molar-refractivity contribution in [1.82, 2.24) is 29.9 Å². The van der Waals surface area contributed by atoms with Crippen LogP contribution in [0.3, 0.4) is 0 Å². The Kier molecular flexibility index (Phi) is 33.8. The number of halogens is 1. The first kappa shape index (κ1) is 71.0. The fourth-order valence-corrected chi connectivity index (χ4v) is 10.0. The summed E-state index contributed by atoms with van der Waals surface area (Å²) < 4.78 is 29.7. The lowest BCUT2D eigenvalue weighted by Crippen LogP contribution is -2.47. The maximum absolute atomic E-state index is 14.1. The predicted molar refractivity (Wildman–Crippen MR) is 352 cm³/mol. The molecular formula is C65H92BrN11O9S. The maximum atomic E-state index is 14.1. The lowest BCUT2D eigenvalue weighted by Gasteiger charge is -2.33. The van der Waals surface area contributed by atoms with E-state index in [0.717, 1.165) is 96.9 Å². The second-order valence-electron chi connectivity index (χ2n) is 21.2. The number of carbonyl (C=O) groups is 4. The number of nitrogens with one attached hydrogen (secondary N) is 3. The van der Waals surface area contributed by atoms with Crippen molar-refractivity contribution < 1.29 is 42.9 Å². The second-order valence-corrected chi connectivity index (χ2v) is 23.0. The second kappa shape index (κ2) is 41.4. The molecule has 2 fully saturated rings. The Morgan fingerprint density at radius 2 is 1.53 bits per heavy atom. The topological polar surface area (TPSA) is 227 Å². The van der Waals surface area contributed by atoms with Crippen LogP contribution >= 0.6 is 27.3 Å². The molecule has 474 valence electrons. The van der Waals surface area contributed by atoms with E-state index < -0.39 is 6.04 Å². The van der Waals surface area contributed by atoms with Gasteiger partial charge in [0.1, 0.15) is 24.1 Å². The van der Waals surface area contributed by atoms with E-state index in [-0.39, 0.29) is 30.2 Å². The monoisotopic (exact) mass is 1280 g/mol. The highest BCUT2D eigenvalue weighted by Crippen LogP contribution is 2.34. The third-order valence-electron chi connectivity index (χ3n) is 14.5. The molecule has 1 aliphatic carbocycles. The predicted octanol–water partition coefficient (Wildman–Crippen LogP) is 8.62. The summed E-state index contributed by atoms with van der Waals surface area (Å²) in [5.74, 6) is 7.57. The van der Waals surface area contributed by atoms with Gasteiger partial charge in [-0.15, -0.1) is 11.3 Å². The molecule has 0 radical (unpaired) electrons. The molecule has 1 aromatic heterocycles. The number of allylic oxidation sites excluding steroid dienone is 2. The van der Waals surface area contributed by atoms with Crippen molar-refractivity contribution >= 4 is 74.1 Å². The molecule has 2 aliphatic rings. The number of amides is 4. The standard InChI is InChI=1S/C54H76BrN7O7.C11H16N4O2S/c1-6-10-45(7-2)42(3)59-54(64)53(46-16-18-47(55)19-17-46)62(31-27-44-11-12-44)52(63)26-15-43-13-22-50(23-14-43)68-33-9-8-30-61(5)32-36-67-38-37-65-34-28-49(60-56)41-58-29-35-66-39-40-69-51-24-20-48(57-4)21-25-51;1-14-2-4-15(5-3-14)10(17)6-9-7-18-11(13-9)12-8-16/h6-7,10,13-14,16-25,41-42,44,53,57H,1-2,8-9,11-12,15,26-40,56H2,3-5H3,(H,59,64);7-8H,2-6H2,1H3,(H,12,13,16)/b45-10+,58-41?,60-49-;. The molecule has 6 rings (SSSR count). The number of hydrogen-bond acceptors (Lipinski definition) is 17. The average molecular weight is 1280 g/mol. The first-order chi connectivity index (χ1) is 42.3. The fraction of sp³-hybridized carbons (Fsp3) is 0.492. The summed E-state index contributed by atoms with van der Waals surface area (Å²) in [5, 5.41) is 14.8. The van der Waals surface area contributed by atoms with Crippen molar-refractivity contribution in [2.24, 2.45) is 21.9 Å². The Morgan fingerprint density at radius 3 is 2.20 bits per heavy atom. The van der Waals surface area contributed by atoms with E-state index in [1.807, 2.05) is 97.7 Å². The number of hydrogen-bond donors (Lipinski definition) is 4. The Morgan fingerprint density at radius 1 is 0.851 bits per heavy atom. The molecule has 5 N–H and O–H groups in total. The molecule has 22 heteroatoms. The molecule has 20 nitrogen and oxygen atoms in total. The van der Waals surface area contributed by atoms with Crippen LogP contribution < -0.4 is 31.3 Å². The van der Waals surface area contributed by atoms with Crippen molar-refractivity contribution in [3.8, 4) is 11.5 Å². The fourth-order valence-electron chi connectivity index (χ4n) is 9.11. The van der Waals surface area contributed by atoms with Crippen LogP contribution in [0, 0.1) is 5.92 Å². The van der Waals surface area contributed by atoms with Crippen LogP contribution in [0.5, 0.6) is 11.5 Å². The van der Waals surface area contributed by atoms with Gasteiger partial charge in [0.15, 0.2) is 5.13 Å². The van der Waals surface area contributed by atoms with Gasteiger partial charge in [-0.25, -0.2) is 4.98 Å². The van der Waals surface area contributed by atoms with Gasteiger partial charge in [0.25, 0.3) is 0 Å². The van der Waals surface area contributed by atoms with Crippen LogP contribution in [0.1, 0.15) is 74.7 Å². The number of benzene rings is 3. The number of thiazole rings is 1. The number of nitrogens with zero attached hydrogens (tertiary/aromatic N) is 7. The van der Waals surface area contributed by atoms with Gasteiger partial charge in [0.2, 0.25) is 24.1 Å². The van der Waals surface area contributed by atoms with Gasteiger partial charge in [-0.1, -0.05) is 84.4 Å².